The van der Waals surface area contributed by atoms with E-state index in [1.807, 2.05) is 6.07 Å². The maximum atomic E-state index is 8.53. The molecule has 1 heterocycles. The normalized spacial score (nSPS) is 9.85. The Balaban J connectivity index is 2.25. The lowest BCUT2D eigenvalue weighted by Gasteiger charge is -1.98. The third kappa shape index (κ3) is 3.22. The minimum absolute atomic E-state index is 0.210. The summed E-state index contributed by atoms with van der Waals surface area (Å²) in [6, 6.07) is 1.87. The standard InChI is InChI=1S/C8H12N4O/c9-6-8-10-7-12(11-8)4-2-1-3-5-13/h7,13H,1-5H2. The van der Waals surface area contributed by atoms with E-state index in [1.54, 1.807) is 11.0 Å². The van der Waals surface area contributed by atoms with Gasteiger partial charge in [0, 0.05) is 13.2 Å². The third-order valence-electron chi connectivity index (χ3n) is 1.68. The highest BCUT2D eigenvalue weighted by Crippen LogP contribution is 1.97. The molecule has 0 atom stereocenters. The summed E-state index contributed by atoms with van der Waals surface area (Å²) in [6.45, 7) is 0.996. The Hall–Kier alpha value is -1.41. The van der Waals surface area contributed by atoms with Gasteiger partial charge in [0.1, 0.15) is 12.4 Å². The van der Waals surface area contributed by atoms with Crippen molar-refractivity contribution in [2.24, 2.45) is 0 Å². The molecule has 0 amide bonds. The molecule has 0 spiro atoms. The van der Waals surface area contributed by atoms with Crippen molar-refractivity contribution >= 4 is 0 Å². The van der Waals surface area contributed by atoms with Crippen LogP contribution in [0.5, 0.6) is 0 Å². The number of aryl methyl sites for hydroxylation is 1. The molecule has 13 heavy (non-hydrogen) atoms. The van der Waals surface area contributed by atoms with E-state index >= 15 is 0 Å². The first-order chi connectivity index (χ1) is 6.36. The van der Waals surface area contributed by atoms with Gasteiger partial charge in [-0.25, -0.2) is 4.98 Å². The van der Waals surface area contributed by atoms with E-state index in [0.717, 1.165) is 25.8 Å². The van der Waals surface area contributed by atoms with Crippen molar-refractivity contribution in [3.05, 3.63) is 12.2 Å². The van der Waals surface area contributed by atoms with Gasteiger partial charge in [-0.3, -0.25) is 4.68 Å². The van der Waals surface area contributed by atoms with Crippen LogP contribution in [0.25, 0.3) is 0 Å². The molecule has 0 fully saturated rings. The fraction of sp³-hybridized carbons (Fsp3) is 0.625. The highest BCUT2D eigenvalue weighted by atomic mass is 16.2. The number of rotatable bonds is 5. The molecule has 0 aliphatic heterocycles. The molecule has 0 aromatic carbocycles. The van der Waals surface area contributed by atoms with Crippen LogP contribution in [0.1, 0.15) is 25.1 Å². The highest BCUT2D eigenvalue weighted by molar-refractivity contribution is 5.05. The molecule has 70 valence electrons. The largest absolute Gasteiger partial charge is 0.396 e. The Labute approximate surface area is 76.6 Å². The van der Waals surface area contributed by atoms with E-state index in [4.69, 9.17) is 10.4 Å². The van der Waals surface area contributed by atoms with E-state index in [9.17, 15) is 0 Å². The SMILES string of the molecule is N#Cc1ncn(CCCCCO)n1. The summed E-state index contributed by atoms with van der Waals surface area (Å²) in [4.78, 5) is 3.77. The van der Waals surface area contributed by atoms with Crippen LogP contribution in [-0.4, -0.2) is 26.5 Å². The van der Waals surface area contributed by atoms with Gasteiger partial charge >= 0.3 is 0 Å². The van der Waals surface area contributed by atoms with E-state index in [1.165, 1.54) is 0 Å². The van der Waals surface area contributed by atoms with Crippen LogP contribution in [0.3, 0.4) is 0 Å². The van der Waals surface area contributed by atoms with Crippen molar-refractivity contribution in [3.8, 4) is 6.07 Å². The van der Waals surface area contributed by atoms with Crippen LogP contribution in [-0.2, 0) is 6.54 Å². The van der Waals surface area contributed by atoms with Crippen LogP contribution in [0.15, 0.2) is 6.33 Å². The fourth-order valence-corrected chi connectivity index (χ4v) is 1.02. The average molecular weight is 180 g/mol. The van der Waals surface area contributed by atoms with Gasteiger partial charge in [0.2, 0.25) is 0 Å². The van der Waals surface area contributed by atoms with Crippen LogP contribution in [0.2, 0.25) is 0 Å². The number of nitrogens with zero attached hydrogens (tertiary/aromatic N) is 4. The Morgan fingerprint density at radius 2 is 2.31 bits per heavy atom. The topological polar surface area (TPSA) is 74.7 Å². The second kappa shape index (κ2) is 5.27. The molecule has 1 aromatic heterocycles. The van der Waals surface area contributed by atoms with Gasteiger partial charge in [0.25, 0.3) is 5.82 Å². The summed E-state index contributed by atoms with van der Waals surface area (Å²) in [6.07, 6.45) is 4.30. The van der Waals surface area contributed by atoms with Crippen molar-refractivity contribution in [1.29, 1.82) is 5.26 Å². The van der Waals surface area contributed by atoms with Gasteiger partial charge in [-0.2, -0.15) is 5.26 Å². The van der Waals surface area contributed by atoms with Gasteiger partial charge in [-0.1, -0.05) is 0 Å². The lowest BCUT2D eigenvalue weighted by atomic mass is 10.2. The molecule has 0 bridgehead atoms. The average Bonchev–Trinajstić information content (AvgIpc) is 2.60. The van der Waals surface area contributed by atoms with Crippen LogP contribution in [0.4, 0.5) is 0 Å². The first-order valence-electron chi connectivity index (χ1n) is 4.27. The molecular weight excluding hydrogens is 168 g/mol. The number of aliphatic hydroxyl groups excluding tert-OH is 1. The molecule has 0 saturated carbocycles. The van der Waals surface area contributed by atoms with E-state index in [-0.39, 0.29) is 12.4 Å². The Kier molecular flexibility index (Phi) is 3.93. The summed E-state index contributed by atoms with van der Waals surface area (Å²) in [7, 11) is 0. The number of aliphatic hydroxyl groups is 1. The van der Waals surface area contributed by atoms with Crippen LogP contribution in [0, 0.1) is 11.3 Å². The first kappa shape index (κ1) is 9.68. The highest BCUT2D eigenvalue weighted by Gasteiger charge is 1.97. The Morgan fingerprint density at radius 3 is 2.92 bits per heavy atom. The first-order valence-corrected chi connectivity index (χ1v) is 4.27. The fourth-order valence-electron chi connectivity index (χ4n) is 1.02. The molecule has 1 rings (SSSR count). The predicted octanol–water partition coefficient (Wildman–Crippen LogP) is 0.312. The number of unbranched alkanes of at least 4 members (excludes halogenated alkanes) is 2. The van der Waals surface area contributed by atoms with Crippen molar-refractivity contribution in [1.82, 2.24) is 14.8 Å². The molecule has 1 N–H and O–H groups in total. The van der Waals surface area contributed by atoms with Crippen molar-refractivity contribution in [3.63, 3.8) is 0 Å². The van der Waals surface area contributed by atoms with Crippen molar-refractivity contribution in [2.75, 3.05) is 6.61 Å². The third-order valence-corrected chi connectivity index (χ3v) is 1.68. The molecule has 0 aliphatic carbocycles. The Bertz CT molecular complexity index is 289. The van der Waals surface area contributed by atoms with E-state index < -0.39 is 0 Å². The van der Waals surface area contributed by atoms with Crippen LogP contribution < -0.4 is 0 Å². The zero-order valence-corrected chi connectivity index (χ0v) is 7.35. The molecule has 5 heteroatoms. The monoisotopic (exact) mass is 180 g/mol. The summed E-state index contributed by atoms with van der Waals surface area (Å²) in [5.41, 5.74) is 0. The lowest BCUT2D eigenvalue weighted by molar-refractivity contribution is 0.281. The van der Waals surface area contributed by atoms with E-state index in [0.29, 0.717) is 0 Å². The molecule has 0 radical (unpaired) electrons. The van der Waals surface area contributed by atoms with Crippen molar-refractivity contribution < 1.29 is 5.11 Å². The number of hydrogen-bond donors (Lipinski definition) is 1. The Morgan fingerprint density at radius 1 is 1.46 bits per heavy atom. The van der Waals surface area contributed by atoms with Gasteiger partial charge in [-0.05, 0) is 19.3 Å². The second-order valence-corrected chi connectivity index (χ2v) is 2.73. The summed E-state index contributed by atoms with van der Waals surface area (Å²) < 4.78 is 1.65. The molecule has 0 unspecified atom stereocenters. The quantitative estimate of drug-likeness (QED) is 0.662. The van der Waals surface area contributed by atoms with Gasteiger partial charge in [0.05, 0.1) is 0 Å². The second-order valence-electron chi connectivity index (χ2n) is 2.73. The van der Waals surface area contributed by atoms with Crippen molar-refractivity contribution in [2.45, 2.75) is 25.8 Å². The van der Waals surface area contributed by atoms with Gasteiger partial charge in [-0.15, -0.1) is 5.10 Å². The number of aromatic nitrogens is 3. The summed E-state index contributed by atoms with van der Waals surface area (Å²) in [5, 5.41) is 20.9. The maximum absolute atomic E-state index is 8.53. The van der Waals surface area contributed by atoms with Gasteiger partial charge < -0.3 is 5.11 Å². The van der Waals surface area contributed by atoms with E-state index in [2.05, 4.69) is 10.1 Å². The number of hydrogen-bond acceptors (Lipinski definition) is 4. The molecule has 5 nitrogen and oxygen atoms in total. The lowest BCUT2D eigenvalue weighted by Crippen LogP contribution is -1.99. The minimum atomic E-state index is 0.210. The maximum Gasteiger partial charge on any atom is 0.252 e. The number of nitriles is 1. The zero-order chi connectivity index (χ0) is 9.52. The minimum Gasteiger partial charge on any atom is -0.396 e. The molecular formula is C8H12N4O. The zero-order valence-electron chi connectivity index (χ0n) is 7.35. The summed E-state index contributed by atoms with van der Waals surface area (Å²) in [5.74, 6) is 0.210. The molecule has 0 saturated heterocycles. The summed E-state index contributed by atoms with van der Waals surface area (Å²) >= 11 is 0. The predicted molar refractivity (Wildman–Crippen MR) is 45.7 cm³/mol. The van der Waals surface area contributed by atoms with Crippen LogP contribution >= 0.6 is 0 Å². The molecule has 1 aromatic rings. The van der Waals surface area contributed by atoms with Gasteiger partial charge in [0.15, 0.2) is 0 Å². The molecule has 0 aliphatic rings. The smallest absolute Gasteiger partial charge is 0.252 e.